The zero-order valence-corrected chi connectivity index (χ0v) is 14.4. The van der Waals surface area contributed by atoms with Gasteiger partial charge in [-0.2, -0.15) is 0 Å². The van der Waals surface area contributed by atoms with E-state index in [9.17, 15) is 9.59 Å². The maximum Gasteiger partial charge on any atom is 0.321 e. The SMILES string of the molecule is CC(CNC(=O)c1cccc(N2CCCNC2=O)c1)c1cccs1. The highest BCUT2D eigenvalue weighted by Crippen LogP contribution is 2.21. The smallest absolute Gasteiger partial charge is 0.321 e. The molecule has 2 aromatic rings. The Labute approximate surface area is 145 Å². The lowest BCUT2D eigenvalue weighted by molar-refractivity contribution is 0.0951. The van der Waals surface area contributed by atoms with Crippen LogP contribution in [-0.4, -0.2) is 31.6 Å². The quantitative estimate of drug-likeness (QED) is 0.876. The third-order valence-corrected chi connectivity index (χ3v) is 5.20. The largest absolute Gasteiger partial charge is 0.351 e. The lowest BCUT2D eigenvalue weighted by Gasteiger charge is -2.27. The Morgan fingerprint density at radius 2 is 2.25 bits per heavy atom. The molecule has 1 saturated heterocycles. The second-order valence-corrected chi connectivity index (χ2v) is 6.89. The van der Waals surface area contributed by atoms with Crippen LogP contribution in [0.1, 0.15) is 34.5 Å². The average Bonchev–Trinajstić information content (AvgIpc) is 3.14. The van der Waals surface area contributed by atoms with Crippen molar-refractivity contribution in [2.75, 3.05) is 24.5 Å². The summed E-state index contributed by atoms with van der Waals surface area (Å²) in [6, 6.07) is 11.2. The summed E-state index contributed by atoms with van der Waals surface area (Å²) in [5, 5.41) is 7.84. The van der Waals surface area contributed by atoms with Crippen LogP contribution in [0.2, 0.25) is 0 Å². The average molecular weight is 343 g/mol. The van der Waals surface area contributed by atoms with Crippen molar-refractivity contribution in [2.24, 2.45) is 0 Å². The monoisotopic (exact) mass is 343 g/mol. The van der Waals surface area contributed by atoms with Gasteiger partial charge in [-0.3, -0.25) is 9.69 Å². The summed E-state index contributed by atoms with van der Waals surface area (Å²) in [6.45, 7) is 4.07. The van der Waals surface area contributed by atoms with Crippen LogP contribution in [0.5, 0.6) is 0 Å². The van der Waals surface area contributed by atoms with Crippen LogP contribution in [0.4, 0.5) is 10.5 Å². The van der Waals surface area contributed by atoms with Crippen LogP contribution >= 0.6 is 11.3 Å². The van der Waals surface area contributed by atoms with E-state index in [0.29, 0.717) is 25.2 Å². The number of nitrogens with one attached hydrogen (secondary N) is 2. The fourth-order valence-electron chi connectivity index (χ4n) is 2.71. The molecule has 0 saturated carbocycles. The first-order valence-electron chi connectivity index (χ1n) is 8.12. The lowest BCUT2D eigenvalue weighted by atomic mass is 10.1. The molecule has 0 aliphatic carbocycles. The predicted octanol–water partition coefficient (Wildman–Crippen LogP) is 3.20. The van der Waals surface area contributed by atoms with Gasteiger partial charge in [-0.25, -0.2) is 4.79 Å². The van der Waals surface area contributed by atoms with E-state index in [-0.39, 0.29) is 17.9 Å². The number of urea groups is 1. The van der Waals surface area contributed by atoms with E-state index in [1.54, 1.807) is 28.4 Å². The fraction of sp³-hybridized carbons (Fsp3) is 0.333. The van der Waals surface area contributed by atoms with E-state index in [1.165, 1.54) is 4.88 Å². The summed E-state index contributed by atoms with van der Waals surface area (Å²) >= 11 is 1.70. The number of benzene rings is 1. The summed E-state index contributed by atoms with van der Waals surface area (Å²) in [4.78, 5) is 27.3. The van der Waals surface area contributed by atoms with Gasteiger partial charge in [0.25, 0.3) is 5.91 Å². The first-order valence-corrected chi connectivity index (χ1v) is 9.00. The van der Waals surface area contributed by atoms with Gasteiger partial charge in [0.1, 0.15) is 0 Å². The number of amides is 3. The van der Waals surface area contributed by atoms with Crippen molar-refractivity contribution < 1.29 is 9.59 Å². The van der Waals surface area contributed by atoms with Gasteiger partial charge in [-0.05, 0) is 36.1 Å². The molecule has 1 aliphatic rings. The van der Waals surface area contributed by atoms with Gasteiger partial charge in [-0.1, -0.05) is 19.1 Å². The van der Waals surface area contributed by atoms with Crippen LogP contribution in [-0.2, 0) is 0 Å². The molecule has 1 aromatic heterocycles. The molecule has 1 aromatic carbocycles. The summed E-state index contributed by atoms with van der Waals surface area (Å²) < 4.78 is 0. The highest BCUT2D eigenvalue weighted by Gasteiger charge is 2.20. The normalized spacial score (nSPS) is 15.7. The maximum atomic E-state index is 12.4. The van der Waals surface area contributed by atoms with E-state index in [1.807, 2.05) is 23.6 Å². The minimum atomic E-state index is -0.113. The Morgan fingerprint density at radius 1 is 1.38 bits per heavy atom. The number of thiophene rings is 1. The topological polar surface area (TPSA) is 61.4 Å². The molecular formula is C18H21N3O2S. The third-order valence-electron chi connectivity index (χ3n) is 4.10. The van der Waals surface area contributed by atoms with E-state index in [4.69, 9.17) is 0 Å². The highest BCUT2D eigenvalue weighted by molar-refractivity contribution is 7.10. The molecule has 1 unspecified atom stereocenters. The molecule has 2 N–H and O–H groups in total. The van der Waals surface area contributed by atoms with Gasteiger partial charge in [0.05, 0.1) is 0 Å². The van der Waals surface area contributed by atoms with E-state index in [0.717, 1.165) is 12.1 Å². The van der Waals surface area contributed by atoms with Crippen molar-refractivity contribution in [1.29, 1.82) is 0 Å². The molecule has 0 bridgehead atoms. The third kappa shape index (κ3) is 3.76. The van der Waals surface area contributed by atoms with Crippen molar-refractivity contribution >= 4 is 29.0 Å². The first kappa shape index (κ1) is 16.5. The first-order chi connectivity index (χ1) is 11.6. The van der Waals surface area contributed by atoms with Gasteiger partial charge >= 0.3 is 6.03 Å². The number of hydrogen-bond acceptors (Lipinski definition) is 3. The van der Waals surface area contributed by atoms with Crippen molar-refractivity contribution in [1.82, 2.24) is 10.6 Å². The molecule has 24 heavy (non-hydrogen) atoms. The van der Waals surface area contributed by atoms with Crippen LogP contribution in [0.25, 0.3) is 0 Å². The van der Waals surface area contributed by atoms with Gasteiger partial charge in [0.15, 0.2) is 0 Å². The minimum Gasteiger partial charge on any atom is -0.351 e. The van der Waals surface area contributed by atoms with Crippen molar-refractivity contribution in [3.05, 3.63) is 52.2 Å². The van der Waals surface area contributed by atoms with Crippen LogP contribution in [0.15, 0.2) is 41.8 Å². The molecule has 6 heteroatoms. The van der Waals surface area contributed by atoms with Crippen molar-refractivity contribution in [3.8, 4) is 0 Å². The fourth-order valence-corrected chi connectivity index (χ4v) is 3.50. The molecule has 3 rings (SSSR count). The second kappa shape index (κ2) is 7.49. The van der Waals surface area contributed by atoms with Crippen LogP contribution in [0, 0.1) is 0 Å². The minimum absolute atomic E-state index is 0.106. The molecule has 0 radical (unpaired) electrons. The molecule has 1 fully saturated rings. The zero-order valence-electron chi connectivity index (χ0n) is 13.6. The highest BCUT2D eigenvalue weighted by atomic mass is 32.1. The van der Waals surface area contributed by atoms with E-state index < -0.39 is 0 Å². The molecule has 1 atom stereocenters. The molecule has 2 heterocycles. The molecule has 1 aliphatic heterocycles. The van der Waals surface area contributed by atoms with E-state index >= 15 is 0 Å². The number of anilines is 1. The maximum absolute atomic E-state index is 12.4. The Morgan fingerprint density at radius 3 is 3.00 bits per heavy atom. The Bertz CT molecular complexity index is 715. The zero-order chi connectivity index (χ0) is 16.9. The molecule has 5 nitrogen and oxygen atoms in total. The lowest BCUT2D eigenvalue weighted by Crippen LogP contribution is -2.46. The summed E-state index contributed by atoms with van der Waals surface area (Å²) in [5.74, 6) is 0.169. The Balaban J connectivity index is 1.64. The van der Waals surface area contributed by atoms with Gasteiger partial charge < -0.3 is 10.6 Å². The van der Waals surface area contributed by atoms with Gasteiger partial charge in [-0.15, -0.1) is 11.3 Å². The summed E-state index contributed by atoms with van der Waals surface area (Å²) in [6.07, 6.45) is 0.903. The van der Waals surface area contributed by atoms with Crippen molar-refractivity contribution in [3.63, 3.8) is 0 Å². The summed E-state index contributed by atoms with van der Waals surface area (Å²) in [5.41, 5.74) is 1.33. The number of hydrogen-bond donors (Lipinski definition) is 2. The van der Waals surface area contributed by atoms with Crippen LogP contribution in [0.3, 0.4) is 0 Å². The van der Waals surface area contributed by atoms with Crippen molar-refractivity contribution in [2.45, 2.75) is 19.3 Å². The second-order valence-electron chi connectivity index (χ2n) is 5.91. The molecule has 3 amide bonds. The Hall–Kier alpha value is -2.34. The Kier molecular flexibility index (Phi) is 5.15. The van der Waals surface area contributed by atoms with Crippen LogP contribution < -0.4 is 15.5 Å². The number of carbonyl (C=O) groups is 2. The number of carbonyl (C=O) groups excluding carboxylic acids is 2. The molecule has 0 spiro atoms. The standard InChI is InChI=1S/C18H21N3O2S/c1-13(16-7-3-10-24-16)12-20-17(22)14-5-2-6-15(11-14)21-9-4-8-19-18(21)23/h2-3,5-7,10-11,13H,4,8-9,12H2,1H3,(H,19,23)(H,20,22). The number of rotatable bonds is 5. The molecule has 126 valence electrons. The van der Waals surface area contributed by atoms with Gasteiger partial charge in [0, 0.05) is 41.7 Å². The predicted molar refractivity (Wildman–Crippen MR) is 96.9 cm³/mol. The summed E-state index contributed by atoms with van der Waals surface area (Å²) in [7, 11) is 0. The van der Waals surface area contributed by atoms with E-state index in [2.05, 4.69) is 23.6 Å². The van der Waals surface area contributed by atoms with Gasteiger partial charge in [0.2, 0.25) is 0 Å². The molecular weight excluding hydrogens is 322 g/mol. The number of nitrogens with zero attached hydrogens (tertiary/aromatic N) is 1.